The number of hydrogen-bond acceptors (Lipinski definition) is 4. The van der Waals surface area contributed by atoms with Crippen molar-refractivity contribution in [2.75, 3.05) is 0 Å². The highest BCUT2D eigenvalue weighted by Gasteiger charge is 2.16. The third-order valence-corrected chi connectivity index (χ3v) is 5.07. The fraction of sp³-hybridized carbons (Fsp3) is 0.154. The lowest BCUT2D eigenvalue weighted by molar-refractivity contribution is 0.0891. The number of carbonyl (C=O) groups is 2. The number of rotatable bonds is 8. The number of imidazole rings is 1. The van der Waals surface area contributed by atoms with Crippen LogP contribution in [0.2, 0.25) is 0 Å². The molecule has 0 aliphatic carbocycles. The number of carbonyl (C=O) groups excluding carboxylic acids is 2. The summed E-state index contributed by atoms with van der Waals surface area (Å²) in [5.74, 6) is -0.464. The van der Waals surface area contributed by atoms with Crippen LogP contribution < -0.4 is 0 Å². The lowest BCUT2D eigenvalue weighted by atomic mass is 9.96. The van der Waals surface area contributed by atoms with E-state index in [0.717, 1.165) is 16.7 Å². The molecule has 0 atom stereocenters. The molecule has 4 aromatic rings. The van der Waals surface area contributed by atoms with Crippen LogP contribution in [0.3, 0.4) is 0 Å². The topological polar surface area (TPSA) is 64.8 Å². The van der Waals surface area contributed by atoms with E-state index < -0.39 is 0 Å². The Kier molecular flexibility index (Phi) is 6.13. The minimum absolute atomic E-state index is 0.199. The highest BCUT2D eigenvalue weighted by Crippen LogP contribution is 2.18. The maximum absolute atomic E-state index is 13.0. The number of aryl methyl sites for hydroxylation is 1. The van der Waals surface area contributed by atoms with Crippen LogP contribution in [-0.4, -0.2) is 26.1 Å². The third kappa shape index (κ3) is 5.39. The Hall–Kier alpha value is -3.86. The van der Waals surface area contributed by atoms with Gasteiger partial charge in [-0.3, -0.25) is 14.6 Å². The molecule has 2 heterocycles. The summed E-state index contributed by atoms with van der Waals surface area (Å²) in [4.78, 5) is 33.8. The maximum Gasteiger partial charge on any atom is 0.188 e. The minimum atomic E-state index is -0.265. The first-order valence-corrected chi connectivity index (χ1v) is 10.2. The molecule has 4 rings (SSSR count). The van der Waals surface area contributed by atoms with Crippen LogP contribution in [0.15, 0.2) is 85.6 Å². The molecule has 2 aromatic carbocycles. The Balaban J connectivity index is 1.60. The number of nitrogens with zero attached hydrogens (tertiary/aromatic N) is 3. The monoisotopic (exact) mass is 409 g/mol. The molecule has 5 heteroatoms. The van der Waals surface area contributed by atoms with Crippen molar-refractivity contribution < 1.29 is 9.59 Å². The summed E-state index contributed by atoms with van der Waals surface area (Å²) in [7, 11) is 0. The van der Waals surface area contributed by atoms with Crippen molar-refractivity contribution in [3.63, 3.8) is 0 Å². The van der Waals surface area contributed by atoms with Crippen molar-refractivity contribution in [3.8, 4) is 0 Å². The van der Waals surface area contributed by atoms with Crippen LogP contribution >= 0.6 is 0 Å². The molecule has 2 aromatic heterocycles. The molecule has 0 unspecified atom stereocenters. The molecule has 154 valence electrons. The van der Waals surface area contributed by atoms with Gasteiger partial charge in [-0.25, -0.2) is 4.98 Å². The second kappa shape index (κ2) is 9.30. The van der Waals surface area contributed by atoms with E-state index in [2.05, 4.69) is 28.2 Å². The van der Waals surface area contributed by atoms with Crippen LogP contribution in [0.4, 0.5) is 0 Å². The molecule has 0 saturated heterocycles. The number of pyridine rings is 1. The van der Waals surface area contributed by atoms with Crippen LogP contribution in [0.1, 0.15) is 49.5 Å². The quantitative estimate of drug-likeness (QED) is 0.313. The van der Waals surface area contributed by atoms with Crippen molar-refractivity contribution >= 4 is 11.6 Å². The Morgan fingerprint density at radius 3 is 2.42 bits per heavy atom. The van der Waals surface area contributed by atoms with Gasteiger partial charge in [0.2, 0.25) is 0 Å². The van der Waals surface area contributed by atoms with Gasteiger partial charge in [0.25, 0.3) is 0 Å². The van der Waals surface area contributed by atoms with E-state index in [9.17, 15) is 9.59 Å². The van der Waals surface area contributed by atoms with E-state index in [1.54, 1.807) is 24.8 Å². The SMILES string of the molecule is Cc1ccnc(C(=O)CC(=O)c2cc(Cc3ccccc3)cc(Cn3ccnc3)c2)c1. The van der Waals surface area contributed by atoms with Gasteiger partial charge in [-0.2, -0.15) is 0 Å². The molecular weight excluding hydrogens is 386 g/mol. The Morgan fingerprint density at radius 2 is 1.68 bits per heavy atom. The molecule has 0 spiro atoms. The van der Waals surface area contributed by atoms with E-state index in [4.69, 9.17) is 0 Å². The Labute approximate surface area is 181 Å². The molecular formula is C26H23N3O2. The predicted molar refractivity (Wildman–Crippen MR) is 119 cm³/mol. The summed E-state index contributed by atoms with van der Waals surface area (Å²) in [6.07, 6.45) is 7.47. The van der Waals surface area contributed by atoms with Crippen LogP contribution in [0, 0.1) is 6.92 Å². The summed E-state index contributed by atoms with van der Waals surface area (Å²) in [6, 6.07) is 19.5. The summed E-state index contributed by atoms with van der Waals surface area (Å²) >= 11 is 0. The third-order valence-electron chi connectivity index (χ3n) is 5.07. The highest BCUT2D eigenvalue weighted by molar-refractivity contribution is 6.13. The number of aromatic nitrogens is 3. The van der Waals surface area contributed by atoms with E-state index >= 15 is 0 Å². The molecule has 0 fully saturated rings. The Bertz CT molecular complexity index is 1200. The number of benzene rings is 2. The average molecular weight is 409 g/mol. The summed E-state index contributed by atoms with van der Waals surface area (Å²) in [6.45, 7) is 2.51. The highest BCUT2D eigenvalue weighted by atomic mass is 16.1. The lowest BCUT2D eigenvalue weighted by Gasteiger charge is -2.11. The number of hydrogen-bond donors (Lipinski definition) is 0. The number of ketones is 2. The van der Waals surface area contributed by atoms with Gasteiger partial charge in [-0.1, -0.05) is 36.4 Å². The summed E-state index contributed by atoms with van der Waals surface area (Å²) in [5.41, 5.74) is 5.01. The zero-order chi connectivity index (χ0) is 21.6. The van der Waals surface area contributed by atoms with Crippen molar-refractivity contribution in [2.45, 2.75) is 26.3 Å². The normalized spacial score (nSPS) is 10.7. The fourth-order valence-corrected chi connectivity index (χ4v) is 3.57. The van der Waals surface area contributed by atoms with Crippen LogP contribution in [0.5, 0.6) is 0 Å². The first-order chi connectivity index (χ1) is 15.1. The van der Waals surface area contributed by atoms with Gasteiger partial charge < -0.3 is 4.57 Å². The maximum atomic E-state index is 13.0. The summed E-state index contributed by atoms with van der Waals surface area (Å²) in [5, 5.41) is 0. The standard InChI is InChI=1S/C26H23N3O2/c1-19-7-8-28-24(11-19)26(31)16-25(30)23-14-21(12-20-5-3-2-4-6-20)13-22(15-23)17-29-10-9-27-18-29/h2-11,13-15,18H,12,16-17H2,1H3. The zero-order valence-electron chi connectivity index (χ0n) is 17.4. The average Bonchev–Trinajstić information content (AvgIpc) is 3.27. The van der Waals surface area contributed by atoms with Crippen molar-refractivity contribution in [3.05, 3.63) is 119 Å². The van der Waals surface area contributed by atoms with Gasteiger partial charge in [-0.05, 0) is 59.9 Å². The minimum Gasteiger partial charge on any atom is -0.333 e. The number of Topliss-reactive ketones (excluding diaryl/α,β-unsaturated/α-hetero) is 2. The van der Waals surface area contributed by atoms with E-state index in [-0.39, 0.29) is 18.0 Å². The summed E-state index contributed by atoms with van der Waals surface area (Å²) < 4.78 is 1.96. The lowest BCUT2D eigenvalue weighted by Crippen LogP contribution is -2.11. The first kappa shape index (κ1) is 20.4. The fourth-order valence-electron chi connectivity index (χ4n) is 3.57. The second-order valence-electron chi connectivity index (χ2n) is 7.68. The van der Waals surface area contributed by atoms with Gasteiger partial charge >= 0.3 is 0 Å². The van der Waals surface area contributed by atoms with Crippen molar-refractivity contribution in [1.82, 2.24) is 14.5 Å². The van der Waals surface area contributed by atoms with Crippen molar-refractivity contribution in [2.24, 2.45) is 0 Å². The largest absolute Gasteiger partial charge is 0.333 e. The molecule has 0 aliphatic rings. The van der Waals surface area contributed by atoms with E-state index in [1.165, 1.54) is 5.56 Å². The Morgan fingerprint density at radius 1 is 0.871 bits per heavy atom. The molecule has 31 heavy (non-hydrogen) atoms. The van der Waals surface area contributed by atoms with Crippen LogP contribution in [0.25, 0.3) is 0 Å². The molecule has 0 radical (unpaired) electrons. The first-order valence-electron chi connectivity index (χ1n) is 10.2. The van der Waals surface area contributed by atoms with Gasteiger partial charge in [0.1, 0.15) is 5.69 Å². The molecule has 5 nitrogen and oxygen atoms in total. The smallest absolute Gasteiger partial charge is 0.188 e. The predicted octanol–water partition coefficient (Wildman–Crippen LogP) is 4.68. The van der Waals surface area contributed by atoms with E-state index in [1.807, 2.05) is 54.1 Å². The van der Waals surface area contributed by atoms with E-state index in [0.29, 0.717) is 24.2 Å². The molecule has 0 saturated carbocycles. The van der Waals surface area contributed by atoms with Crippen LogP contribution in [-0.2, 0) is 13.0 Å². The zero-order valence-corrected chi connectivity index (χ0v) is 17.4. The molecule has 0 aliphatic heterocycles. The van der Waals surface area contributed by atoms with Gasteiger partial charge in [0.05, 0.1) is 12.7 Å². The molecule has 0 amide bonds. The van der Waals surface area contributed by atoms with Gasteiger partial charge in [0.15, 0.2) is 11.6 Å². The van der Waals surface area contributed by atoms with Crippen molar-refractivity contribution in [1.29, 1.82) is 0 Å². The second-order valence-corrected chi connectivity index (χ2v) is 7.68. The molecule has 0 bridgehead atoms. The molecule has 0 N–H and O–H groups in total. The van der Waals surface area contributed by atoms with Gasteiger partial charge in [0, 0.05) is 30.7 Å². The van der Waals surface area contributed by atoms with Gasteiger partial charge in [-0.15, -0.1) is 0 Å².